The van der Waals surface area contributed by atoms with Crippen LogP contribution in [-0.2, 0) is 24.4 Å². The van der Waals surface area contributed by atoms with E-state index in [1.807, 2.05) is 12.1 Å². The number of nitrogens with zero attached hydrogens (tertiary/aromatic N) is 1. The van der Waals surface area contributed by atoms with Crippen LogP contribution in [-0.4, -0.2) is 0 Å². The maximum Gasteiger partial charge on any atom is 0.192 e. The Balaban J connectivity index is 1.91. The minimum absolute atomic E-state index is 0.0375. The lowest BCUT2D eigenvalue weighted by Crippen LogP contribution is -2.02. The van der Waals surface area contributed by atoms with E-state index >= 15 is 4.39 Å². The molecule has 0 amide bonds. The van der Waals surface area contributed by atoms with Gasteiger partial charge in [0.05, 0.1) is 11.1 Å². The number of benzene rings is 3. The van der Waals surface area contributed by atoms with Crippen LogP contribution in [0, 0.1) is 28.8 Å². The van der Waals surface area contributed by atoms with Gasteiger partial charge in [-0.3, -0.25) is 5.11 Å². The summed E-state index contributed by atoms with van der Waals surface area (Å²) in [5.74, 6) is -3.18. The highest BCUT2D eigenvalue weighted by Crippen LogP contribution is 2.36. The van der Waals surface area contributed by atoms with Crippen LogP contribution in [0.1, 0.15) is 35.6 Å². The van der Waals surface area contributed by atoms with E-state index < -0.39 is 23.2 Å². The summed E-state index contributed by atoms with van der Waals surface area (Å²) in [5.41, 5.74) is 1.54. The van der Waals surface area contributed by atoms with E-state index in [-0.39, 0.29) is 29.5 Å². The fourth-order valence-electron chi connectivity index (χ4n) is 3.34. The predicted molar refractivity (Wildman–Crippen MR) is 104 cm³/mol. The van der Waals surface area contributed by atoms with Crippen molar-refractivity contribution in [2.45, 2.75) is 32.6 Å². The molecule has 0 heterocycles. The largest absolute Gasteiger partial charge is 0.289 e. The van der Waals surface area contributed by atoms with Gasteiger partial charge in [0, 0.05) is 11.6 Å². The highest BCUT2D eigenvalue weighted by molar-refractivity contribution is 5.72. The number of hydrogen-bond donors (Lipinski definition) is 0. The number of aryl methyl sites for hydroxylation is 2. The maximum absolute atomic E-state index is 15.1. The average Bonchev–Trinajstić information content (AvgIpc) is 2.69. The SMILES string of the molecule is CCCc1ccc(-c2c([O])cc(F)c(CCc3ccc(C#N)c(F)c3)c2F)cc1. The van der Waals surface area contributed by atoms with Gasteiger partial charge in [0.2, 0.25) is 0 Å². The molecule has 1 radical (unpaired) electrons. The van der Waals surface area contributed by atoms with Crippen LogP contribution < -0.4 is 0 Å². The summed E-state index contributed by atoms with van der Waals surface area (Å²) in [7, 11) is 0. The third-order valence-corrected chi connectivity index (χ3v) is 4.88. The first kappa shape index (κ1) is 20.5. The molecule has 0 unspecified atom stereocenters. The molecule has 147 valence electrons. The summed E-state index contributed by atoms with van der Waals surface area (Å²) < 4.78 is 43.1. The fraction of sp³-hybridized carbons (Fsp3) is 0.208. The van der Waals surface area contributed by atoms with Gasteiger partial charge in [0.15, 0.2) is 5.75 Å². The molecule has 0 atom stereocenters. The molecule has 3 rings (SSSR count). The second-order valence-corrected chi connectivity index (χ2v) is 6.90. The van der Waals surface area contributed by atoms with Crippen molar-refractivity contribution in [2.75, 3.05) is 0 Å². The summed E-state index contributed by atoms with van der Waals surface area (Å²) in [6.45, 7) is 2.05. The molecule has 0 saturated heterocycles. The summed E-state index contributed by atoms with van der Waals surface area (Å²) in [4.78, 5) is 0. The second-order valence-electron chi connectivity index (χ2n) is 6.90. The van der Waals surface area contributed by atoms with Gasteiger partial charge in [-0.1, -0.05) is 43.7 Å². The lowest BCUT2D eigenvalue weighted by molar-refractivity contribution is 0.350. The first-order valence-corrected chi connectivity index (χ1v) is 9.40. The molecule has 3 aromatic carbocycles. The predicted octanol–water partition coefficient (Wildman–Crippen LogP) is 6.52. The van der Waals surface area contributed by atoms with Crippen molar-refractivity contribution < 1.29 is 18.3 Å². The van der Waals surface area contributed by atoms with Crippen molar-refractivity contribution in [1.82, 2.24) is 0 Å². The molecule has 0 spiro atoms. The summed E-state index contributed by atoms with van der Waals surface area (Å²) in [6, 6.07) is 13.6. The Hall–Kier alpha value is -3.26. The van der Waals surface area contributed by atoms with Crippen LogP contribution in [0.15, 0.2) is 48.5 Å². The van der Waals surface area contributed by atoms with Crippen molar-refractivity contribution in [1.29, 1.82) is 5.26 Å². The van der Waals surface area contributed by atoms with Gasteiger partial charge in [0.1, 0.15) is 23.5 Å². The number of halogens is 3. The molecule has 0 bridgehead atoms. The molecule has 2 nitrogen and oxygen atoms in total. The molecular weight excluding hydrogens is 375 g/mol. The van der Waals surface area contributed by atoms with E-state index in [4.69, 9.17) is 5.26 Å². The van der Waals surface area contributed by atoms with Crippen molar-refractivity contribution in [2.24, 2.45) is 0 Å². The van der Waals surface area contributed by atoms with Crippen molar-refractivity contribution in [3.8, 4) is 22.9 Å². The Morgan fingerprint density at radius 3 is 2.17 bits per heavy atom. The van der Waals surface area contributed by atoms with Crippen LogP contribution in [0.3, 0.4) is 0 Å². The topological polar surface area (TPSA) is 43.7 Å². The molecule has 0 aromatic heterocycles. The van der Waals surface area contributed by atoms with Crippen LogP contribution >= 0.6 is 0 Å². The standard InChI is InChI=1S/C24H19F3NO/c1-2-3-15-4-8-17(9-5-15)23-22(29)13-21(26)19(24(23)27)11-7-16-6-10-18(14-28)20(25)12-16/h4-6,8-10,12-13H,2-3,7,11H2,1H3. The molecule has 0 aliphatic rings. The third kappa shape index (κ3) is 4.43. The highest BCUT2D eigenvalue weighted by Gasteiger charge is 2.21. The molecule has 5 heteroatoms. The zero-order valence-electron chi connectivity index (χ0n) is 15.9. The highest BCUT2D eigenvalue weighted by atomic mass is 19.1. The van der Waals surface area contributed by atoms with Gasteiger partial charge >= 0.3 is 0 Å². The summed E-state index contributed by atoms with van der Waals surface area (Å²) >= 11 is 0. The molecule has 0 fully saturated rings. The van der Waals surface area contributed by atoms with E-state index in [9.17, 15) is 13.9 Å². The summed E-state index contributed by atoms with van der Waals surface area (Å²) in [5, 5.41) is 21.0. The smallest absolute Gasteiger partial charge is 0.192 e. The Kier molecular flexibility index (Phi) is 6.23. The van der Waals surface area contributed by atoms with E-state index in [1.165, 1.54) is 12.1 Å². The van der Waals surface area contributed by atoms with E-state index in [0.29, 0.717) is 11.1 Å². The molecule has 3 aromatic rings. The average molecular weight is 394 g/mol. The van der Waals surface area contributed by atoms with Crippen LogP contribution in [0.25, 0.3) is 11.1 Å². The Labute approximate surface area is 167 Å². The number of hydrogen-bond acceptors (Lipinski definition) is 1. The van der Waals surface area contributed by atoms with Crippen LogP contribution in [0.2, 0.25) is 0 Å². The monoisotopic (exact) mass is 394 g/mol. The Morgan fingerprint density at radius 2 is 1.55 bits per heavy atom. The van der Waals surface area contributed by atoms with Crippen LogP contribution in [0.4, 0.5) is 13.2 Å². The first-order chi connectivity index (χ1) is 13.9. The quantitative estimate of drug-likeness (QED) is 0.469. The van der Waals surface area contributed by atoms with Gasteiger partial charge in [-0.15, -0.1) is 0 Å². The van der Waals surface area contributed by atoms with E-state index in [2.05, 4.69) is 6.92 Å². The van der Waals surface area contributed by atoms with Crippen molar-refractivity contribution >= 4 is 0 Å². The van der Waals surface area contributed by atoms with Gasteiger partial charge < -0.3 is 0 Å². The lowest BCUT2D eigenvalue weighted by atomic mass is 9.95. The summed E-state index contributed by atoms with van der Waals surface area (Å²) in [6.07, 6.45) is 1.98. The van der Waals surface area contributed by atoms with Gasteiger partial charge in [0.25, 0.3) is 0 Å². The molecule has 0 aliphatic carbocycles. The maximum atomic E-state index is 15.1. The number of nitriles is 1. The molecule has 0 aliphatic heterocycles. The zero-order valence-corrected chi connectivity index (χ0v) is 15.9. The zero-order chi connectivity index (χ0) is 21.0. The molecule has 0 N–H and O–H groups in total. The van der Waals surface area contributed by atoms with Gasteiger partial charge in [-0.05, 0) is 48.1 Å². The molecule has 29 heavy (non-hydrogen) atoms. The third-order valence-electron chi connectivity index (χ3n) is 4.88. The van der Waals surface area contributed by atoms with Crippen molar-refractivity contribution in [3.63, 3.8) is 0 Å². The minimum Gasteiger partial charge on any atom is -0.289 e. The van der Waals surface area contributed by atoms with Gasteiger partial charge in [-0.2, -0.15) is 5.26 Å². The molecular formula is C24H19F3NO. The van der Waals surface area contributed by atoms with E-state index in [1.54, 1.807) is 24.3 Å². The Bertz CT molecular complexity index is 1070. The fourth-order valence-corrected chi connectivity index (χ4v) is 3.34. The second kappa shape index (κ2) is 8.83. The normalized spacial score (nSPS) is 10.7. The lowest BCUT2D eigenvalue weighted by Gasteiger charge is -2.12. The Morgan fingerprint density at radius 1 is 0.862 bits per heavy atom. The molecule has 0 saturated carbocycles. The van der Waals surface area contributed by atoms with Gasteiger partial charge in [-0.25, -0.2) is 13.2 Å². The number of rotatable bonds is 6. The van der Waals surface area contributed by atoms with Crippen molar-refractivity contribution in [3.05, 3.63) is 88.2 Å². The van der Waals surface area contributed by atoms with Crippen LogP contribution in [0.5, 0.6) is 5.75 Å². The van der Waals surface area contributed by atoms with E-state index in [0.717, 1.165) is 24.5 Å². The minimum atomic E-state index is -0.909. The first-order valence-electron chi connectivity index (χ1n) is 9.40.